The smallest absolute Gasteiger partial charge is 0.0408 e. The number of aromatic nitrogens is 2. The summed E-state index contributed by atoms with van der Waals surface area (Å²) >= 11 is 0. The molecule has 0 saturated heterocycles. The summed E-state index contributed by atoms with van der Waals surface area (Å²) in [6.45, 7) is 0. The van der Waals surface area contributed by atoms with Gasteiger partial charge >= 0.3 is 0 Å². The van der Waals surface area contributed by atoms with Crippen molar-refractivity contribution in [2.24, 2.45) is 0 Å². The summed E-state index contributed by atoms with van der Waals surface area (Å²) < 4.78 is 38.3. The first-order valence-corrected chi connectivity index (χ1v) is 8.00. The van der Waals surface area contributed by atoms with Crippen LogP contribution in [0.4, 0.5) is 13.2 Å². The average Bonchev–Trinajstić information content (AvgIpc) is 2.70. The zero-order valence-electron chi connectivity index (χ0n) is 14.4. The number of nitrogens with zero attached hydrogens (tertiary/aromatic N) is 2. The van der Waals surface area contributed by atoms with Gasteiger partial charge in [-0.15, -0.1) is 42.0 Å². The van der Waals surface area contributed by atoms with Crippen LogP contribution in [0.25, 0.3) is 22.5 Å². The van der Waals surface area contributed by atoms with E-state index in [1.807, 2.05) is 18.2 Å². The normalized spacial score (nSPS) is 9.68. The van der Waals surface area contributed by atoms with E-state index in [1.165, 1.54) is 12.1 Å². The minimum atomic E-state index is -0.649. The Labute approximate surface area is 174 Å². The largest absolute Gasteiger partial charge is 0.305 e. The summed E-state index contributed by atoms with van der Waals surface area (Å²) in [4.78, 5) is 8.07. The zero-order valence-corrected chi connectivity index (χ0v) is 16.8. The van der Waals surface area contributed by atoms with E-state index in [-0.39, 0.29) is 31.5 Å². The van der Waals surface area contributed by atoms with Gasteiger partial charge in [0.2, 0.25) is 0 Å². The van der Waals surface area contributed by atoms with E-state index in [1.54, 1.807) is 36.7 Å². The number of pyridine rings is 2. The summed E-state index contributed by atoms with van der Waals surface area (Å²) in [5, 5.41) is 0. The first kappa shape index (κ1) is 21.5. The molecule has 2 nitrogen and oxygen atoms in total. The SMILES string of the molecule is Fc1c[c-]c(-c2ccccn2)c(F)c1.Fc1c[c-]c(-c2ccccn2)cc1.[Ir]. The van der Waals surface area contributed by atoms with Gasteiger partial charge in [-0.2, -0.15) is 0 Å². The molecule has 28 heavy (non-hydrogen) atoms. The summed E-state index contributed by atoms with van der Waals surface area (Å²) in [6.07, 6.45) is 3.25. The van der Waals surface area contributed by atoms with E-state index in [9.17, 15) is 13.2 Å². The monoisotopic (exact) mass is 555 g/mol. The van der Waals surface area contributed by atoms with Gasteiger partial charge in [-0.25, -0.2) is 0 Å². The second-order valence-corrected chi connectivity index (χ2v) is 5.39. The van der Waals surface area contributed by atoms with Crippen LogP contribution in [-0.4, -0.2) is 9.97 Å². The Morgan fingerprint density at radius 1 is 0.679 bits per heavy atom. The fraction of sp³-hybridized carbons (Fsp3) is 0. The second kappa shape index (κ2) is 10.5. The van der Waals surface area contributed by atoms with E-state index in [0.717, 1.165) is 23.4 Å². The maximum absolute atomic E-state index is 13.2. The summed E-state index contributed by atoms with van der Waals surface area (Å²) in [5.41, 5.74) is 2.25. The minimum Gasteiger partial charge on any atom is -0.305 e. The Bertz CT molecular complexity index is 995. The third-order valence-electron chi connectivity index (χ3n) is 3.49. The van der Waals surface area contributed by atoms with Crippen LogP contribution in [0.1, 0.15) is 0 Å². The van der Waals surface area contributed by atoms with E-state index in [2.05, 4.69) is 22.1 Å². The van der Waals surface area contributed by atoms with Crippen LogP contribution in [-0.2, 0) is 20.1 Å². The Balaban J connectivity index is 0.000000194. The topological polar surface area (TPSA) is 25.8 Å². The molecule has 143 valence electrons. The number of hydrogen-bond acceptors (Lipinski definition) is 2. The number of benzene rings is 2. The van der Waals surface area contributed by atoms with E-state index >= 15 is 0 Å². The van der Waals surface area contributed by atoms with Crippen LogP contribution in [0.5, 0.6) is 0 Å². The molecule has 0 spiro atoms. The molecule has 0 atom stereocenters. The molecule has 0 saturated carbocycles. The summed E-state index contributed by atoms with van der Waals surface area (Å²) in [7, 11) is 0. The van der Waals surface area contributed by atoms with Gasteiger partial charge in [0, 0.05) is 50.0 Å². The molecule has 4 rings (SSSR count). The van der Waals surface area contributed by atoms with E-state index in [0.29, 0.717) is 5.69 Å². The van der Waals surface area contributed by atoms with Crippen molar-refractivity contribution in [2.45, 2.75) is 0 Å². The van der Waals surface area contributed by atoms with Gasteiger partial charge < -0.3 is 9.97 Å². The predicted molar refractivity (Wildman–Crippen MR) is 96.9 cm³/mol. The minimum absolute atomic E-state index is 0. The molecule has 0 amide bonds. The molecule has 2 aromatic heterocycles. The molecule has 0 N–H and O–H groups in total. The molecule has 6 heteroatoms. The molecule has 4 aromatic rings. The van der Waals surface area contributed by atoms with Crippen molar-refractivity contribution in [1.82, 2.24) is 9.97 Å². The van der Waals surface area contributed by atoms with Crippen molar-refractivity contribution in [3.63, 3.8) is 0 Å². The van der Waals surface area contributed by atoms with Crippen molar-refractivity contribution >= 4 is 0 Å². The van der Waals surface area contributed by atoms with Crippen LogP contribution >= 0.6 is 0 Å². The van der Waals surface area contributed by atoms with Gasteiger partial charge in [-0.05, 0) is 23.5 Å². The molecular weight excluding hydrogens is 541 g/mol. The molecule has 2 heterocycles. The third-order valence-corrected chi connectivity index (χ3v) is 3.49. The second-order valence-electron chi connectivity index (χ2n) is 5.39. The molecule has 0 unspecified atom stereocenters. The van der Waals surface area contributed by atoms with Gasteiger partial charge in [0.1, 0.15) is 0 Å². The Morgan fingerprint density at radius 2 is 1.32 bits per heavy atom. The molecule has 0 aliphatic rings. The Morgan fingerprint density at radius 3 is 1.86 bits per heavy atom. The Hall–Kier alpha value is -2.82. The molecular formula is C22H13F3IrN2-2. The summed E-state index contributed by atoms with van der Waals surface area (Å²) in [6, 6.07) is 22.3. The molecule has 2 aromatic carbocycles. The van der Waals surface area contributed by atoms with Gasteiger partial charge in [0.25, 0.3) is 0 Å². The number of rotatable bonds is 2. The van der Waals surface area contributed by atoms with E-state index < -0.39 is 11.6 Å². The maximum atomic E-state index is 13.2. The zero-order chi connectivity index (χ0) is 19.1. The van der Waals surface area contributed by atoms with Crippen molar-refractivity contribution in [3.05, 3.63) is 109 Å². The molecule has 0 aliphatic carbocycles. The van der Waals surface area contributed by atoms with Crippen LogP contribution in [0.2, 0.25) is 0 Å². The first-order chi connectivity index (χ1) is 13.1. The van der Waals surface area contributed by atoms with Crippen molar-refractivity contribution < 1.29 is 33.3 Å². The quantitative estimate of drug-likeness (QED) is 0.306. The molecule has 0 fully saturated rings. The van der Waals surface area contributed by atoms with Crippen molar-refractivity contribution in [3.8, 4) is 22.5 Å². The third kappa shape index (κ3) is 5.84. The predicted octanol–water partition coefficient (Wildman–Crippen LogP) is 5.51. The number of halogens is 3. The summed E-state index contributed by atoms with van der Waals surface area (Å²) in [5.74, 6) is -1.56. The van der Waals surface area contributed by atoms with Crippen molar-refractivity contribution in [1.29, 1.82) is 0 Å². The number of hydrogen-bond donors (Lipinski definition) is 0. The van der Waals surface area contributed by atoms with E-state index in [4.69, 9.17) is 0 Å². The van der Waals surface area contributed by atoms with Gasteiger partial charge in [-0.3, -0.25) is 13.2 Å². The van der Waals surface area contributed by atoms with Crippen molar-refractivity contribution in [2.75, 3.05) is 0 Å². The van der Waals surface area contributed by atoms with Gasteiger partial charge in [0.05, 0.1) is 0 Å². The van der Waals surface area contributed by atoms with Crippen LogP contribution in [0.3, 0.4) is 0 Å². The van der Waals surface area contributed by atoms with Crippen LogP contribution in [0.15, 0.2) is 79.1 Å². The maximum Gasteiger partial charge on any atom is 0.0408 e. The first-order valence-electron chi connectivity index (χ1n) is 8.00. The van der Waals surface area contributed by atoms with Gasteiger partial charge in [-0.1, -0.05) is 35.9 Å². The van der Waals surface area contributed by atoms with Crippen LogP contribution in [0, 0.1) is 29.6 Å². The fourth-order valence-electron chi connectivity index (χ4n) is 2.24. The van der Waals surface area contributed by atoms with Crippen LogP contribution < -0.4 is 0 Å². The standard InChI is InChI=1S/C11H6F2N.C11H7FN.Ir/c12-8-4-5-9(10(13)7-8)11-3-1-2-6-14-11;12-10-6-4-9(5-7-10)11-3-1-2-8-13-11;/h1-4,6-7H;1-4,6-8H;/q2*-1;. The molecule has 1 radical (unpaired) electrons. The Kier molecular flexibility index (Phi) is 8.05. The molecule has 0 aliphatic heterocycles. The average molecular weight is 555 g/mol. The molecule has 0 bridgehead atoms. The van der Waals surface area contributed by atoms with Gasteiger partial charge in [0.15, 0.2) is 0 Å². The fourth-order valence-corrected chi connectivity index (χ4v) is 2.24.